The lowest BCUT2D eigenvalue weighted by Gasteiger charge is -2.25. The van der Waals surface area contributed by atoms with Crippen molar-refractivity contribution in [2.75, 3.05) is 6.61 Å². The van der Waals surface area contributed by atoms with Crippen molar-refractivity contribution in [3.63, 3.8) is 0 Å². The van der Waals surface area contributed by atoms with Crippen molar-refractivity contribution in [3.05, 3.63) is 95.6 Å². The molecule has 1 aliphatic carbocycles. The van der Waals surface area contributed by atoms with Gasteiger partial charge in [0.2, 0.25) is 0 Å². The van der Waals surface area contributed by atoms with Gasteiger partial charge in [0.15, 0.2) is 0 Å². The fourth-order valence-corrected chi connectivity index (χ4v) is 4.41. The molecule has 176 valence electrons. The molecule has 34 heavy (non-hydrogen) atoms. The Bertz CT molecular complexity index is 1080. The third-order valence-corrected chi connectivity index (χ3v) is 6.24. The molecule has 0 saturated heterocycles. The second kappa shape index (κ2) is 11.0. The van der Waals surface area contributed by atoms with Gasteiger partial charge in [-0.2, -0.15) is 0 Å². The minimum Gasteiger partial charge on any atom is -0.481 e. The largest absolute Gasteiger partial charge is 0.481 e. The Morgan fingerprint density at radius 1 is 0.912 bits per heavy atom. The predicted octanol–water partition coefficient (Wildman–Crippen LogP) is 5.36. The maximum atomic E-state index is 12.7. The average Bonchev–Trinajstić information content (AvgIpc) is 3.18. The number of carbonyl (C=O) groups excluding carboxylic acids is 1. The van der Waals surface area contributed by atoms with Crippen LogP contribution >= 0.6 is 0 Å². The molecule has 4 rings (SSSR count). The van der Waals surface area contributed by atoms with Crippen molar-refractivity contribution in [1.82, 2.24) is 5.32 Å². The zero-order chi connectivity index (χ0) is 23.9. The summed E-state index contributed by atoms with van der Waals surface area (Å²) in [6.45, 7) is 2.40. The molecule has 3 aromatic carbocycles. The Hall–Kier alpha value is -3.64. The summed E-state index contributed by atoms with van der Waals surface area (Å²) in [7, 11) is 0. The van der Waals surface area contributed by atoms with Crippen molar-refractivity contribution in [1.29, 1.82) is 0 Å². The van der Waals surface area contributed by atoms with Crippen LogP contribution in [0.5, 0.6) is 0 Å². The van der Waals surface area contributed by atoms with Gasteiger partial charge >= 0.3 is 12.1 Å². The van der Waals surface area contributed by atoms with Gasteiger partial charge < -0.3 is 19.9 Å². The van der Waals surface area contributed by atoms with E-state index in [-0.39, 0.29) is 31.5 Å². The number of rotatable bonds is 10. The molecular weight excluding hydrogens is 430 g/mol. The molecule has 0 aliphatic heterocycles. The zero-order valence-corrected chi connectivity index (χ0v) is 19.1. The SMILES string of the molecule is C[C@H](OCc1ccccc1)[C@H](CCC(=O)O)NC(=O)OCC1c2ccccc2-c2ccccc21. The fraction of sp³-hybridized carbons (Fsp3) is 0.286. The van der Waals surface area contributed by atoms with Crippen LogP contribution in [-0.2, 0) is 20.9 Å². The number of amides is 1. The molecule has 0 spiro atoms. The molecule has 1 aliphatic rings. The number of carboxylic acids is 1. The second-order valence-electron chi connectivity index (χ2n) is 8.51. The van der Waals surface area contributed by atoms with Gasteiger partial charge in [-0.05, 0) is 41.2 Å². The summed E-state index contributed by atoms with van der Waals surface area (Å²) in [4.78, 5) is 23.9. The van der Waals surface area contributed by atoms with E-state index < -0.39 is 18.1 Å². The second-order valence-corrected chi connectivity index (χ2v) is 8.51. The first-order valence-corrected chi connectivity index (χ1v) is 11.5. The van der Waals surface area contributed by atoms with Crippen molar-refractivity contribution in [3.8, 4) is 11.1 Å². The highest BCUT2D eigenvalue weighted by molar-refractivity contribution is 5.79. The van der Waals surface area contributed by atoms with Crippen LogP contribution in [0.1, 0.15) is 42.4 Å². The first-order chi connectivity index (χ1) is 16.5. The highest BCUT2D eigenvalue weighted by atomic mass is 16.5. The van der Waals surface area contributed by atoms with Crippen molar-refractivity contribution in [2.24, 2.45) is 0 Å². The first-order valence-electron chi connectivity index (χ1n) is 11.5. The minimum absolute atomic E-state index is 0.0395. The van der Waals surface area contributed by atoms with E-state index in [0.717, 1.165) is 27.8 Å². The molecule has 2 atom stereocenters. The number of ether oxygens (including phenoxy) is 2. The van der Waals surface area contributed by atoms with Crippen LogP contribution in [0.4, 0.5) is 4.79 Å². The maximum Gasteiger partial charge on any atom is 0.407 e. The van der Waals surface area contributed by atoms with Crippen LogP contribution in [0, 0.1) is 0 Å². The van der Waals surface area contributed by atoms with Gasteiger partial charge in [-0.1, -0.05) is 78.9 Å². The van der Waals surface area contributed by atoms with E-state index in [0.29, 0.717) is 6.61 Å². The minimum atomic E-state index is -0.922. The molecule has 0 aromatic heterocycles. The van der Waals surface area contributed by atoms with E-state index in [4.69, 9.17) is 14.6 Å². The zero-order valence-electron chi connectivity index (χ0n) is 19.1. The molecule has 2 N–H and O–H groups in total. The molecule has 0 heterocycles. The van der Waals surface area contributed by atoms with E-state index in [9.17, 15) is 9.59 Å². The number of nitrogens with one attached hydrogen (secondary N) is 1. The van der Waals surface area contributed by atoms with Crippen LogP contribution in [-0.4, -0.2) is 35.9 Å². The number of benzene rings is 3. The third kappa shape index (κ3) is 5.64. The Balaban J connectivity index is 1.38. The molecule has 0 unspecified atom stereocenters. The molecule has 0 bridgehead atoms. The van der Waals surface area contributed by atoms with E-state index in [1.165, 1.54) is 0 Å². The number of hydrogen-bond donors (Lipinski definition) is 2. The van der Waals surface area contributed by atoms with Gasteiger partial charge in [-0.25, -0.2) is 4.79 Å². The highest BCUT2D eigenvalue weighted by Gasteiger charge is 2.29. The quantitative estimate of drug-likeness (QED) is 0.426. The first kappa shape index (κ1) is 23.5. The Kier molecular flexibility index (Phi) is 7.60. The van der Waals surface area contributed by atoms with Gasteiger partial charge in [0.25, 0.3) is 0 Å². The molecular formula is C28H29NO5. The number of carbonyl (C=O) groups is 2. The molecule has 0 radical (unpaired) electrons. The normalized spacial score (nSPS) is 14.0. The monoisotopic (exact) mass is 459 g/mol. The summed E-state index contributed by atoms with van der Waals surface area (Å²) in [5, 5.41) is 12.0. The van der Waals surface area contributed by atoms with Gasteiger partial charge in [0.05, 0.1) is 18.8 Å². The summed E-state index contributed by atoms with van der Waals surface area (Å²) in [5.41, 5.74) is 5.60. The number of aliphatic carboxylic acids is 1. The predicted molar refractivity (Wildman–Crippen MR) is 130 cm³/mol. The van der Waals surface area contributed by atoms with Crippen molar-refractivity contribution < 1.29 is 24.2 Å². The molecule has 6 heteroatoms. The number of hydrogen-bond acceptors (Lipinski definition) is 4. The van der Waals surface area contributed by atoms with Crippen molar-refractivity contribution >= 4 is 12.1 Å². The number of alkyl carbamates (subject to hydrolysis) is 1. The third-order valence-electron chi connectivity index (χ3n) is 6.24. The van der Waals surface area contributed by atoms with Crippen LogP contribution in [0.25, 0.3) is 11.1 Å². The standard InChI is InChI=1S/C28H29NO5/c1-19(33-17-20-9-3-2-4-10-20)26(15-16-27(30)31)29-28(32)34-18-25-23-13-7-5-11-21(23)22-12-6-8-14-24(22)25/h2-14,19,25-26H,15-18H2,1H3,(H,29,32)(H,30,31)/t19-,26-/m0/s1. The van der Waals surface area contributed by atoms with Gasteiger partial charge in [-0.3, -0.25) is 4.79 Å². The lowest BCUT2D eigenvalue weighted by Crippen LogP contribution is -2.44. The molecule has 0 saturated carbocycles. The Labute approximate surface area is 199 Å². The van der Waals surface area contributed by atoms with Gasteiger partial charge in [0.1, 0.15) is 6.61 Å². The lowest BCUT2D eigenvalue weighted by atomic mass is 9.98. The summed E-state index contributed by atoms with van der Waals surface area (Å²) < 4.78 is 11.6. The van der Waals surface area contributed by atoms with Gasteiger partial charge in [0, 0.05) is 12.3 Å². The molecule has 0 fully saturated rings. The topological polar surface area (TPSA) is 84.9 Å². The maximum absolute atomic E-state index is 12.7. The van der Waals surface area contributed by atoms with E-state index in [1.807, 2.05) is 61.5 Å². The summed E-state index contributed by atoms with van der Waals surface area (Å²) in [6.07, 6.45) is -0.796. The molecule has 6 nitrogen and oxygen atoms in total. The summed E-state index contributed by atoms with van der Waals surface area (Å²) in [6, 6.07) is 25.5. The fourth-order valence-electron chi connectivity index (χ4n) is 4.41. The van der Waals surface area contributed by atoms with Crippen LogP contribution in [0.3, 0.4) is 0 Å². The molecule has 1 amide bonds. The summed E-state index contributed by atoms with van der Waals surface area (Å²) in [5.74, 6) is -0.961. The lowest BCUT2D eigenvalue weighted by molar-refractivity contribution is -0.137. The van der Waals surface area contributed by atoms with E-state index in [1.54, 1.807) is 0 Å². The summed E-state index contributed by atoms with van der Waals surface area (Å²) >= 11 is 0. The average molecular weight is 460 g/mol. The molecule has 3 aromatic rings. The van der Waals surface area contributed by atoms with Crippen molar-refractivity contribution in [2.45, 2.75) is 44.4 Å². The van der Waals surface area contributed by atoms with Gasteiger partial charge in [-0.15, -0.1) is 0 Å². The number of fused-ring (bicyclic) bond motifs is 3. The van der Waals surface area contributed by atoms with Crippen LogP contribution < -0.4 is 5.32 Å². The smallest absolute Gasteiger partial charge is 0.407 e. The Morgan fingerprint density at radius 3 is 2.12 bits per heavy atom. The highest BCUT2D eigenvalue weighted by Crippen LogP contribution is 2.44. The van der Waals surface area contributed by atoms with E-state index >= 15 is 0 Å². The van der Waals surface area contributed by atoms with Crippen LogP contribution in [0.15, 0.2) is 78.9 Å². The van der Waals surface area contributed by atoms with Crippen LogP contribution in [0.2, 0.25) is 0 Å². The Morgan fingerprint density at radius 2 is 1.50 bits per heavy atom. The van der Waals surface area contributed by atoms with E-state index in [2.05, 4.69) is 29.6 Å². The number of carboxylic acid groups (broad SMARTS) is 1.